The van der Waals surface area contributed by atoms with Crippen molar-refractivity contribution in [3.05, 3.63) is 66.2 Å². The van der Waals surface area contributed by atoms with Gasteiger partial charge in [0, 0.05) is 11.4 Å². The Morgan fingerprint density at radius 3 is 2.19 bits per heavy atom. The van der Waals surface area contributed by atoms with Gasteiger partial charge in [-0.25, -0.2) is 4.79 Å². The molecule has 7 heteroatoms. The maximum atomic E-state index is 12.1. The molecule has 0 spiro atoms. The van der Waals surface area contributed by atoms with E-state index < -0.39 is 29.3 Å². The van der Waals surface area contributed by atoms with Gasteiger partial charge in [0.2, 0.25) is 0 Å². The van der Waals surface area contributed by atoms with Crippen LogP contribution < -0.4 is 10.6 Å². The number of nitrogens with one attached hydrogen (secondary N) is 2. The molecule has 0 aromatic heterocycles. The number of carbonyl (C=O) groups excluding carboxylic acids is 3. The SMILES string of the molecule is C[C@H](Sc1ccccc1)C(=O)O[C@H](C)C(=O)NC(=O)NCc1ccccc1. The van der Waals surface area contributed by atoms with Gasteiger partial charge in [0.15, 0.2) is 6.10 Å². The quantitative estimate of drug-likeness (QED) is 0.564. The third-order valence-corrected chi connectivity index (χ3v) is 4.67. The minimum Gasteiger partial charge on any atom is -0.452 e. The average molecular weight is 386 g/mol. The number of urea groups is 1. The highest BCUT2D eigenvalue weighted by Crippen LogP contribution is 2.23. The molecule has 0 aliphatic carbocycles. The fourth-order valence-electron chi connectivity index (χ4n) is 2.11. The van der Waals surface area contributed by atoms with Crippen molar-refractivity contribution in [2.75, 3.05) is 0 Å². The van der Waals surface area contributed by atoms with Gasteiger partial charge in [-0.05, 0) is 31.5 Å². The van der Waals surface area contributed by atoms with Crippen molar-refractivity contribution in [2.24, 2.45) is 0 Å². The zero-order valence-corrected chi connectivity index (χ0v) is 16.0. The Hall–Kier alpha value is -2.80. The van der Waals surface area contributed by atoms with Gasteiger partial charge in [0.05, 0.1) is 0 Å². The number of ether oxygens (including phenoxy) is 1. The summed E-state index contributed by atoms with van der Waals surface area (Å²) in [6.45, 7) is 3.42. The molecule has 0 aliphatic rings. The van der Waals surface area contributed by atoms with Crippen LogP contribution in [0.1, 0.15) is 19.4 Å². The minimum atomic E-state index is -1.07. The highest BCUT2D eigenvalue weighted by Gasteiger charge is 2.23. The summed E-state index contributed by atoms with van der Waals surface area (Å²) in [5.41, 5.74) is 0.909. The van der Waals surface area contributed by atoms with E-state index >= 15 is 0 Å². The minimum absolute atomic E-state index is 0.291. The van der Waals surface area contributed by atoms with Crippen LogP contribution in [-0.2, 0) is 20.9 Å². The van der Waals surface area contributed by atoms with E-state index in [4.69, 9.17) is 4.74 Å². The topological polar surface area (TPSA) is 84.5 Å². The average Bonchev–Trinajstić information content (AvgIpc) is 2.67. The maximum Gasteiger partial charge on any atom is 0.321 e. The van der Waals surface area contributed by atoms with Gasteiger partial charge in [0.25, 0.3) is 5.91 Å². The molecule has 0 bridgehead atoms. The summed E-state index contributed by atoms with van der Waals surface area (Å²) in [5.74, 6) is -1.19. The molecule has 0 unspecified atom stereocenters. The predicted octanol–water partition coefficient (Wildman–Crippen LogP) is 3.12. The van der Waals surface area contributed by atoms with Crippen LogP contribution in [0, 0.1) is 0 Å². The molecule has 0 radical (unpaired) electrons. The molecule has 2 aromatic carbocycles. The maximum absolute atomic E-state index is 12.1. The molecular weight excluding hydrogens is 364 g/mol. The van der Waals surface area contributed by atoms with Crippen LogP contribution in [0.5, 0.6) is 0 Å². The highest BCUT2D eigenvalue weighted by atomic mass is 32.2. The normalized spacial score (nSPS) is 12.5. The van der Waals surface area contributed by atoms with Crippen LogP contribution in [-0.4, -0.2) is 29.3 Å². The first kappa shape index (κ1) is 20.5. The zero-order chi connectivity index (χ0) is 19.6. The second-order valence-corrected chi connectivity index (χ2v) is 7.22. The number of esters is 1. The standard InChI is InChI=1S/C20H22N2O4S/c1-14(26-19(24)15(2)27-17-11-7-4-8-12-17)18(23)22-20(25)21-13-16-9-5-3-6-10-16/h3-12,14-15H,13H2,1-2H3,(H2,21,22,23,25)/t14-,15+/m1/s1. The molecule has 3 amide bonds. The first-order valence-electron chi connectivity index (χ1n) is 8.50. The number of amides is 3. The van der Waals surface area contributed by atoms with Gasteiger partial charge in [0.1, 0.15) is 5.25 Å². The van der Waals surface area contributed by atoms with Crippen molar-refractivity contribution in [1.29, 1.82) is 0 Å². The zero-order valence-electron chi connectivity index (χ0n) is 15.2. The van der Waals surface area contributed by atoms with E-state index in [0.717, 1.165) is 10.5 Å². The molecule has 0 saturated carbocycles. The van der Waals surface area contributed by atoms with Crippen LogP contribution in [0.2, 0.25) is 0 Å². The van der Waals surface area contributed by atoms with E-state index in [2.05, 4.69) is 10.6 Å². The van der Waals surface area contributed by atoms with Crippen molar-refractivity contribution in [1.82, 2.24) is 10.6 Å². The van der Waals surface area contributed by atoms with Gasteiger partial charge >= 0.3 is 12.0 Å². The number of hydrogen-bond donors (Lipinski definition) is 2. The van der Waals surface area contributed by atoms with Gasteiger partial charge in [-0.3, -0.25) is 14.9 Å². The van der Waals surface area contributed by atoms with Crippen LogP contribution >= 0.6 is 11.8 Å². The molecule has 0 fully saturated rings. The van der Waals surface area contributed by atoms with E-state index in [1.807, 2.05) is 60.7 Å². The predicted molar refractivity (Wildman–Crippen MR) is 104 cm³/mol. The fourth-order valence-corrected chi connectivity index (χ4v) is 2.99. The van der Waals surface area contributed by atoms with Crippen molar-refractivity contribution in [2.45, 2.75) is 36.6 Å². The monoisotopic (exact) mass is 386 g/mol. The third kappa shape index (κ3) is 7.15. The van der Waals surface area contributed by atoms with Gasteiger partial charge in [-0.15, -0.1) is 11.8 Å². The summed E-state index contributed by atoms with van der Waals surface area (Å²) in [6, 6.07) is 18.1. The third-order valence-electron chi connectivity index (χ3n) is 3.58. The second kappa shape index (κ2) is 10.4. The van der Waals surface area contributed by atoms with Crippen molar-refractivity contribution < 1.29 is 19.1 Å². The Labute approximate surface area is 162 Å². The number of rotatable bonds is 7. The molecule has 2 atom stereocenters. The van der Waals surface area contributed by atoms with E-state index in [1.54, 1.807) is 6.92 Å². The van der Waals surface area contributed by atoms with E-state index in [9.17, 15) is 14.4 Å². The Bertz CT molecular complexity index is 768. The number of benzene rings is 2. The largest absolute Gasteiger partial charge is 0.452 e. The molecule has 2 aromatic rings. The molecule has 142 valence electrons. The molecular formula is C20H22N2O4S. The molecule has 6 nitrogen and oxygen atoms in total. The summed E-state index contributed by atoms with van der Waals surface area (Å²) in [4.78, 5) is 36.9. The number of carbonyl (C=O) groups is 3. The summed E-state index contributed by atoms with van der Waals surface area (Å²) < 4.78 is 5.16. The number of thioether (sulfide) groups is 1. The Kier molecular flexibility index (Phi) is 7.88. The summed E-state index contributed by atoms with van der Waals surface area (Å²) in [7, 11) is 0. The summed E-state index contributed by atoms with van der Waals surface area (Å²) in [6.07, 6.45) is -1.07. The lowest BCUT2D eigenvalue weighted by Gasteiger charge is -2.16. The fraction of sp³-hybridized carbons (Fsp3) is 0.250. The lowest BCUT2D eigenvalue weighted by molar-refractivity contribution is -0.153. The molecule has 0 saturated heterocycles. The van der Waals surface area contributed by atoms with Crippen molar-refractivity contribution >= 4 is 29.7 Å². The number of hydrogen-bond acceptors (Lipinski definition) is 5. The highest BCUT2D eigenvalue weighted by molar-refractivity contribution is 8.00. The molecule has 0 aliphatic heterocycles. The van der Waals surface area contributed by atoms with Crippen LogP contribution in [0.4, 0.5) is 4.79 Å². The second-order valence-electron chi connectivity index (χ2n) is 5.81. The first-order valence-corrected chi connectivity index (χ1v) is 9.38. The number of imide groups is 1. The van der Waals surface area contributed by atoms with Crippen LogP contribution in [0.3, 0.4) is 0 Å². The molecule has 2 N–H and O–H groups in total. The smallest absolute Gasteiger partial charge is 0.321 e. The van der Waals surface area contributed by atoms with Crippen LogP contribution in [0.25, 0.3) is 0 Å². The molecule has 0 heterocycles. The Morgan fingerprint density at radius 1 is 0.963 bits per heavy atom. The van der Waals surface area contributed by atoms with Gasteiger partial charge in [-0.2, -0.15) is 0 Å². The Morgan fingerprint density at radius 2 is 1.56 bits per heavy atom. The van der Waals surface area contributed by atoms with E-state index in [1.165, 1.54) is 18.7 Å². The lowest BCUT2D eigenvalue weighted by Crippen LogP contribution is -2.44. The Balaban J connectivity index is 1.75. The van der Waals surface area contributed by atoms with E-state index in [0.29, 0.717) is 6.54 Å². The summed E-state index contributed by atoms with van der Waals surface area (Å²) in [5, 5.41) is 4.27. The lowest BCUT2D eigenvalue weighted by atomic mass is 10.2. The summed E-state index contributed by atoms with van der Waals surface area (Å²) >= 11 is 1.34. The first-order chi connectivity index (χ1) is 13.0. The van der Waals surface area contributed by atoms with E-state index in [-0.39, 0.29) is 0 Å². The van der Waals surface area contributed by atoms with Crippen molar-refractivity contribution in [3.8, 4) is 0 Å². The molecule has 27 heavy (non-hydrogen) atoms. The van der Waals surface area contributed by atoms with Gasteiger partial charge in [-0.1, -0.05) is 48.5 Å². The van der Waals surface area contributed by atoms with Crippen LogP contribution in [0.15, 0.2) is 65.6 Å². The van der Waals surface area contributed by atoms with Gasteiger partial charge < -0.3 is 10.1 Å². The molecule has 2 rings (SSSR count). The van der Waals surface area contributed by atoms with Crippen molar-refractivity contribution in [3.63, 3.8) is 0 Å².